The van der Waals surface area contributed by atoms with E-state index < -0.39 is 11.3 Å². The van der Waals surface area contributed by atoms with Gasteiger partial charge in [0, 0.05) is 12.7 Å². The van der Waals surface area contributed by atoms with E-state index in [1.54, 1.807) is 33.0 Å². The van der Waals surface area contributed by atoms with E-state index in [2.05, 4.69) is 0 Å². The van der Waals surface area contributed by atoms with Gasteiger partial charge >= 0.3 is 0 Å². The largest absolute Gasteiger partial charge is 0.399 e. The molecule has 0 aromatic heterocycles. The van der Waals surface area contributed by atoms with Gasteiger partial charge in [0.1, 0.15) is 0 Å². The van der Waals surface area contributed by atoms with Crippen molar-refractivity contribution in [2.24, 2.45) is 5.73 Å². The number of nitrogens with zero attached hydrogens (tertiary/aromatic N) is 1. The lowest BCUT2D eigenvalue weighted by atomic mass is 9.83. The molecular formula is C13H19N3O2. The summed E-state index contributed by atoms with van der Waals surface area (Å²) in [6.07, 6.45) is 0. The van der Waals surface area contributed by atoms with E-state index in [9.17, 15) is 9.59 Å². The Morgan fingerprint density at radius 2 is 1.72 bits per heavy atom. The van der Waals surface area contributed by atoms with Crippen LogP contribution in [0.3, 0.4) is 0 Å². The fourth-order valence-electron chi connectivity index (χ4n) is 1.81. The van der Waals surface area contributed by atoms with Crippen molar-refractivity contribution in [3.8, 4) is 0 Å². The molecule has 0 radical (unpaired) electrons. The number of nitrogens with two attached hydrogens (primary N) is 2. The molecule has 0 atom stereocenters. The predicted octanol–water partition coefficient (Wildman–Crippen LogP) is 0.490. The molecule has 0 fully saturated rings. The van der Waals surface area contributed by atoms with E-state index in [0.29, 0.717) is 5.69 Å². The highest BCUT2D eigenvalue weighted by Gasteiger charge is 2.32. The second-order valence-corrected chi connectivity index (χ2v) is 4.87. The summed E-state index contributed by atoms with van der Waals surface area (Å²) in [6.45, 7) is 3.52. The minimum Gasteiger partial charge on any atom is -0.399 e. The maximum absolute atomic E-state index is 12.3. The number of primary amides is 1. The van der Waals surface area contributed by atoms with Gasteiger partial charge < -0.3 is 16.4 Å². The number of carbonyl (C=O) groups excluding carboxylic acids is 2. The zero-order chi connectivity index (χ0) is 13.9. The molecule has 0 heterocycles. The molecule has 1 aromatic rings. The molecule has 0 unspecified atom stereocenters. The predicted molar refractivity (Wildman–Crippen MR) is 70.7 cm³/mol. The fraction of sp³-hybridized carbons (Fsp3) is 0.385. The maximum atomic E-state index is 12.3. The van der Waals surface area contributed by atoms with E-state index >= 15 is 0 Å². The van der Waals surface area contributed by atoms with Crippen molar-refractivity contribution in [3.05, 3.63) is 29.8 Å². The molecule has 1 rings (SSSR count). The van der Waals surface area contributed by atoms with Crippen LogP contribution in [0.2, 0.25) is 0 Å². The minimum atomic E-state index is -0.724. The summed E-state index contributed by atoms with van der Waals surface area (Å²) >= 11 is 0. The van der Waals surface area contributed by atoms with Crippen LogP contribution in [0.1, 0.15) is 19.4 Å². The lowest BCUT2D eigenvalue weighted by Crippen LogP contribution is -2.44. The molecule has 1 aromatic carbocycles. The minimum absolute atomic E-state index is 0.0861. The molecule has 0 aliphatic heterocycles. The summed E-state index contributed by atoms with van der Waals surface area (Å²) in [7, 11) is 1.56. The fourth-order valence-corrected chi connectivity index (χ4v) is 1.81. The van der Waals surface area contributed by atoms with Crippen LogP contribution in [0, 0.1) is 0 Å². The lowest BCUT2D eigenvalue weighted by Gasteiger charge is -2.29. The van der Waals surface area contributed by atoms with E-state index in [1.165, 1.54) is 4.90 Å². The molecule has 18 heavy (non-hydrogen) atoms. The van der Waals surface area contributed by atoms with Crippen molar-refractivity contribution < 1.29 is 9.59 Å². The van der Waals surface area contributed by atoms with E-state index in [0.717, 1.165) is 5.56 Å². The Kier molecular flexibility index (Phi) is 3.96. The highest BCUT2D eigenvalue weighted by Crippen LogP contribution is 2.26. The first-order chi connectivity index (χ1) is 8.25. The first kappa shape index (κ1) is 14.0. The van der Waals surface area contributed by atoms with Gasteiger partial charge in [-0.05, 0) is 31.5 Å². The average Bonchev–Trinajstić information content (AvgIpc) is 2.27. The number of carbonyl (C=O) groups is 2. The molecule has 4 N–H and O–H groups in total. The van der Waals surface area contributed by atoms with E-state index in [-0.39, 0.29) is 12.5 Å². The zero-order valence-electron chi connectivity index (χ0n) is 10.9. The second kappa shape index (κ2) is 5.08. The van der Waals surface area contributed by atoms with Gasteiger partial charge in [-0.2, -0.15) is 0 Å². The van der Waals surface area contributed by atoms with Crippen molar-refractivity contribution in [3.63, 3.8) is 0 Å². The topological polar surface area (TPSA) is 89.4 Å². The average molecular weight is 249 g/mol. The molecule has 5 nitrogen and oxygen atoms in total. The SMILES string of the molecule is CN(CC(N)=O)C(=O)C(C)(C)c1ccc(N)cc1. The molecule has 0 spiro atoms. The highest BCUT2D eigenvalue weighted by molar-refractivity contribution is 5.90. The van der Waals surface area contributed by atoms with Gasteiger partial charge in [0.15, 0.2) is 0 Å². The summed E-state index contributed by atoms with van der Waals surface area (Å²) < 4.78 is 0. The van der Waals surface area contributed by atoms with Crippen molar-refractivity contribution >= 4 is 17.5 Å². The maximum Gasteiger partial charge on any atom is 0.237 e. The first-order valence-corrected chi connectivity index (χ1v) is 5.65. The number of rotatable bonds is 4. The van der Waals surface area contributed by atoms with Crippen molar-refractivity contribution in [2.45, 2.75) is 19.3 Å². The molecule has 5 heteroatoms. The second-order valence-electron chi connectivity index (χ2n) is 4.87. The van der Waals surface area contributed by atoms with E-state index in [4.69, 9.17) is 11.5 Å². The Labute approximate surface area is 107 Å². The zero-order valence-corrected chi connectivity index (χ0v) is 10.9. The Balaban J connectivity index is 2.95. The Bertz CT molecular complexity index is 452. The number of nitrogen functional groups attached to an aromatic ring is 1. The molecule has 0 saturated heterocycles. The molecule has 0 aliphatic rings. The summed E-state index contributed by atoms with van der Waals surface area (Å²) in [5.74, 6) is -0.690. The summed E-state index contributed by atoms with van der Waals surface area (Å²) in [5.41, 5.74) is 11.5. The van der Waals surface area contributed by atoms with Crippen LogP contribution in [0.4, 0.5) is 5.69 Å². The number of anilines is 1. The molecule has 0 saturated carbocycles. The number of likely N-dealkylation sites (N-methyl/N-ethyl adjacent to an activating group) is 1. The van der Waals surface area contributed by atoms with Crippen LogP contribution in [0.15, 0.2) is 24.3 Å². The molecule has 2 amide bonds. The van der Waals surface area contributed by atoms with Crippen molar-refractivity contribution in [1.82, 2.24) is 4.90 Å². The van der Waals surface area contributed by atoms with Crippen LogP contribution in [0.25, 0.3) is 0 Å². The van der Waals surface area contributed by atoms with Crippen LogP contribution < -0.4 is 11.5 Å². The third kappa shape index (κ3) is 3.00. The van der Waals surface area contributed by atoms with Gasteiger partial charge in [-0.3, -0.25) is 9.59 Å². The molecule has 0 aliphatic carbocycles. The van der Waals surface area contributed by atoms with Crippen molar-refractivity contribution in [2.75, 3.05) is 19.3 Å². The van der Waals surface area contributed by atoms with Crippen LogP contribution in [0.5, 0.6) is 0 Å². The van der Waals surface area contributed by atoms with Gasteiger partial charge in [-0.1, -0.05) is 12.1 Å². The Hall–Kier alpha value is -2.04. The van der Waals surface area contributed by atoms with Gasteiger partial charge in [0.05, 0.1) is 12.0 Å². The quantitative estimate of drug-likeness (QED) is 0.761. The van der Waals surface area contributed by atoms with Crippen molar-refractivity contribution in [1.29, 1.82) is 0 Å². The first-order valence-electron chi connectivity index (χ1n) is 5.65. The van der Waals surface area contributed by atoms with Gasteiger partial charge in [0.2, 0.25) is 11.8 Å². The number of amides is 2. The van der Waals surface area contributed by atoms with Crippen LogP contribution in [-0.4, -0.2) is 30.3 Å². The van der Waals surface area contributed by atoms with Gasteiger partial charge in [0.25, 0.3) is 0 Å². The number of hydrogen-bond donors (Lipinski definition) is 2. The normalized spacial score (nSPS) is 11.1. The standard InChI is InChI=1S/C13H19N3O2/c1-13(2,9-4-6-10(14)7-5-9)12(18)16(3)8-11(15)17/h4-7H,8,14H2,1-3H3,(H2,15,17). The molecule has 0 bridgehead atoms. The number of hydrogen-bond acceptors (Lipinski definition) is 3. The van der Waals surface area contributed by atoms with Gasteiger partial charge in [-0.25, -0.2) is 0 Å². The summed E-state index contributed by atoms with van der Waals surface area (Å²) in [4.78, 5) is 24.4. The lowest BCUT2D eigenvalue weighted by molar-refractivity contribution is -0.137. The van der Waals surface area contributed by atoms with Crippen LogP contribution >= 0.6 is 0 Å². The Morgan fingerprint density at radius 1 is 1.22 bits per heavy atom. The third-order valence-electron chi connectivity index (χ3n) is 2.91. The molecule has 98 valence electrons. The molecular weight excluding hydrogens is 230 g/mol. The monoisotopic (exact) mass is 249 g/mol. The smallest absolute Gasteiger partial charge is 0.237 e. The Morgan fingerprint density at radius 3 is 2.17 bits per heavy atom. The number of benzene rings is 1. The summed E-state index contributed by atoms with van der Waals surface area (Å²) in [5, 5.41) is 0. The van der Waals surface area contributed by atoms with Crippen LogP contribution in [-0.2, 0) is 15.0 Å². The third-order valence-corrected chi connectivity index (χ3v) is 2.91. The van der Waals surface area contributed by atoms with Gasteiger partial charge in [-0.15, -0.1) is 0 Å². The summed E-state index contributed by atoms with van der Waals surface area (Å²) in [6, 6.07) is 7.12. The van der Waals surface area contributed by atoms with E-state index in [1.807, 2.05) is 12.1 Å². The highest BCUT2D eigenvalue weighted by atomic mass is 16.2.